The molecule has 3 atom stereocenters. The number of hydrogen-bond acceptors (Lipinski definition) is 3. The molecule has 132 valence electrons. The first kappa shape index (κ1) is 17.4. The second-order valence-electron chi connectivity index (χ2n) is 7.58. The Hall–Kier alpha value is -1.39. The largest absolute Gasteiger partial charge is 0.394 e. The molecule has 3 unspecified atom stereocenters. The van der Waals surface area contributed by atoms with Crippen LogP contribution in [0.15, 0.2) is 24.3 Å². The maximum absolute atomic E-state index is 12.7. The fourth-order valence-corrected chi connectivity index (χ4v) is 4.52. The fraction of sp³-hybridized carbons (Fsp3) is 0.650. The van der Waals surface area contributed by atoms with Crippen molar-refractivity contribution < 1.29 is 9.90 Å². The summed E-state index contributed by atoms with van der Waals surface area (Å²) in [5.41, 5.74) is 1.96. The van der Waals surface area contributed by atoms with Gasteiger partial charge >= 0.3 is 0 Å². The van der Waals surface area contributed by atoms with Crippen molar-refractivity contribution in [3.8, 4) is 0 Å². The fourth-order valence-electron chi connectivity index (χ4n) is 4.52. The topological polar surface area (TPSA) is 52.6 Å². The van der Waals surface area contributed by atoms with Crippen LogP contribution in [0.2, 0.25) is 0 Å². The molecule has 1 saturated carbocycles. The minimum Gasteiger partial charge on any atom is -0.394 e. The SMILES string of the molecule is CC1CCCCC1N(C)C(=O)CNC1(CO)CCc2ccccc21. The van der Waals surface area contributed by atoms with E-state index < -0.39 is 5.54 Å². The van der Waals surface area contributed by atoms with E-state index >= 15 is 0 Å². The van der Waals surface area contributed by atoms with Gasteiger partial charge in [0, 0.05) is 13.1 Å². The van der Waals surface area contributed by atoms with Crippen molar-refractivity contribution in [2.24, 2.45) is 5.92 Å². The number of benzene rings is 1. The molecule has 0 radical (unpaired) electrons. The molecule has 4 heteroatoms. The number of aliphatic hydroxyl groups is 1. The molecule has 0 aliphatic heterocycles. The molecular formula is C20H30N2O2. The standard InChI is InChI=1S/C20H30N2O2/c1-15-7-3-6-10-18(15)22(2)19(24)13-21-20(14-23)12-11-16-8-4-5-9-17(16)20/h4-5,8-9,15,18,21,23H,3,6-7,10-14H2,1-2H3. The van der Waals surface area contributed by atoms with Crippen LogP contribution in [0.25, 0.3) is 0 Å². The van der Waals surface area contributed by atoms with Crippen LogP contribution in [0.3, 0.4) is 0 Å². The molecule has 24 heavy (non-hydrogen) atoms. The Morgan fingerprint density at radius 2 is 2.08 bits per heavy atom. The maximum atomic E-state index is 12.7. The number of amides is 1. The Labute approximate surface area is 145 Å². The van der Waals surface area contributed by atoms with E-state index in [1.54, 1.807) is 0 Å². The van der Waals surface area contributed by atoms with Crippen LogP contribution in [-0.4, -0.2) is 42.2 Å². The molecule has 1 aromatic rings. The van der Waals surface area contributed by atoms with Crippen LogP contribution in [0.1, 0.15) is 50.2 Å². The van der Waals surface area contributed by atoms with Gasteiger partial charge in [0.15, 0.2) is 0 Å². The molecule has 0 spiro atoms. The van der Waals surface area contributed by atoms with E-state index in [2.05, 4.69) is 24.4 Å². The van der Waals surface area contributed by atoms with Gasteiger partial charge in [-0.2, -0.15) is 0 Å². The van der Waals surface area contributed by atoms with E-state index in [1.807, 2.05) is 24.1 Å². The summed E-state index contributed by atoms with van der Waals surface area (Å²) in [7, 11) is 1.94. The van der Waals surface area contributed by atoms with Crippen molar-refractivity contribution in [1.29, 1.82) is 0 Å². The van der Waals surface area contributed by atoms with Crippen molar-refractivity contribution in [1.82, 2.24) is 10.2 Å². The lowest BCUT2D eigenvalue weighted by Gasteiger charge is -2.37. The highest BCUT2D eigenvalue weighted by molar-refractivity contribution is 5.78. The van der Waals surface area contributed by atoms with Gasteiger partial charge < -0.3 is 10.0 Å². The number of carbonyl (C=O) groups excluding carboxylic acids is 1. The summed E-state index contributed by atoms with van der Waals surface area (Å²) in [6.07, 6.45) is 6.62. The number of rotatable bonds is 5. The smallest absolute Gasteiger partial charge is 0.236 e. The third-order valence-corrected chi connectivity index (χ3v) is 6.16. The molecule has 2 aliphatic carbocycles. The van der Waals surface area contributed by atoms with Crippen LogP contribution in [0.4, 0.5) is 0 Å². The summed E-state index contributed by atoms with van der Waals surface area (Å²) in [5.74, 6) is 0.706. The molecule has 0 bridgehead atoms. The zero-order chi connectivity index (χ0) is 17.2. The van der Waals surface area contributed by atoms with Crippen LogP contribution in [0.5, 0.6) is 0 Å². The number of fused-ring (bicyclic) bond motifs is 1. The number of carbonyl (C=O) groups is 1. The predicted octanol–water partition coefficient (Wildman–Crippen LogP) is 2.45. The van der Waals surface area contributed by atoms with Crippen molar-refractivity contribution in [3.05, 3.63) is 35.4 Å². The van der Waals surface area contributed by atoms with E-state index in [0.717, 1.165) is 24.8 Å². The predicted molar refractivity (Wildman–Crippen MR) is 95.7 cm³/mol. The minimum absolute atomic E-state index is 0.0286. The van der Waals surface area contributed by atoms with E-state index in [0.29, 0.717) is 12.0 Å². The Morgan fingerprint density at radius 3 is 2.83 bits per heavy atom. The highest BCUT2D eigenvalue weighted by Gasteiger charge is 2.38. The summed E-state index contributed by atoms with van der Waals surface area (Å²) < 4.78 is 0. The Morgan fingerprint density at radius 1 is 1.33 bits per heavy atom. The molecular weight excluding hydrogens is 300 g/mol. The summed E-state index contributed by atoms with van der Waals surface area (Å²) in [6, 6.07) is 8.59. The van der Waals surface area contributed by atoms with Gasteiger partial charge in [0.05, 0.1) is 18.7 Å². The van der Waals surface area contributed by atoms with E-state index in [9.17, 15) is 9.90 Å². The third-order valence-electron chi connectivity index (χ3n) is 6.16. The molecule has 0 saturated heterocycles. The second-order valence-corrected chi connectivity index (χ2v) is 7.58. The zero-order valence-electron chi connectivity index (χ0n) is 14.9. The van der Waals surface area contributed by atoms with Gasteiger partial charge in [0.1, 0.15) is 0 Å². The lowest BCUT2D eigenvalue weighted by Crippen LogP contribution is -2.51. The maximum Gasteiger partial charge on any atom is 0.236 e. The number of nitrogens with one attached hydrogen (secondary N) is 1. The van der Waals surface area contributed by atoms with Crippen molar-refractivity contribution in [2.45, 2.75) is 57.0 Å². The van der Waals surface area contributed by atoms with Gasteiger partial charge in [-0.15, -0.1) is 0 Å². The molecule has 1 amide bonds. The normalized spacial score (nSPS) is 29.3. The second kappa shape index (κ2) is 7.24. The molecule has 2 aliphatic rings. The van der Waals surface area contributed by atoms with E-state index in [1.165, 1.54) is 24.8 Å². The Balaban J connectivity index is 1.65. The lowest BCUT2D eigenvalue weighted by molar-refractivity contribution is -0.133. The molecule has 0 aromatic heterocycles. The number of aryl methyl sites for hydroxylation is 1. The molecule has 1 aromatic carbocycles. The summed E-state index contributed by atoms with van der Waals surface area (Å²) in [5, 5.41) is 13.4. The first-order valence-corrected chi connectivity index (χ1v) is 9.27. The van der Waals surface area contributed by atoms with Gasteiger partial charge in [0.2, 0.25) is 5.91 Å². The van der Waals surface area contributed by atoms with Gasteiger partial charge in [-0.1, -0.05) is 44.0 Å². The molecule has 0 heterocycles. The summed E-state index contributed by atoms with van der Waals surface area (Å²) >= 11 is 0. The van der Waals surface area contributed by atoms with Gasteiger partial charge in [-0.3, -0.25) is 10.1 Å². The quantitative estimate of drug-likeness (QED) is 0.872. The highest BCUT2D eigenvalue weighted by atomic mass is 16.3. The minimum atomic E-state index is -0.467. The molecule has 3 rings (SSSR count). The average Bonchev–Trinajstić information content (AvgIpc) is 2.99. The van der Waals surface area contributed by atoms with E-state index in [-0.39, 0.29) is 19.1 Å². The monoisotopic (exact) mass is 330 g/mol. The zero-order valence-corrected chi connectivity index (χ0v) is 14.9. The van der Waals surface area contributed by atoms with Gasteiger partial charge in [-0.05, 0) is 42.7 Å². The Bertz CT molecular complexity index is 589. The van der Waals surface area contributed by atoms with Crippen LogP contribution >= 0.6 is 0 Å². The number of likely N-dealkylation sites (N-methyl/N-ethyl adjacent to an activating group) is 1. The first-order chi connectivity index (χ1) is 11.6. The summed E-state index contributed by atoms with van der Waals surface area (Å²) in [4.78, 5) is 14.6. The lowest BCUT2D eigenvalue weighted by atomic mass is 9.85. The molecule has 1 fully saturated rings. The number of hydrogen-bond donors (Lipinski definition) is 2. The van der Waals surface area contributed by atoms with Gasteiger partial charge in [0.25, 0.3) is 0 Å². The average molecular weight is 330 g/mol. The van der Waals surface area contributed by atoms with Crippen molar-refractivity contribution in [2.75, 3.05) is 20.2 Å². The Kier molecular flexibility index (Phi) is 5.26. The van der Waals surface area contributed by atoms with Crippen LogP contribution in [0, 0.1) is 5.92 Å². The molecule has 2 N–H and O–H groups in total. The van der Waals surface area contributed by atoms with Crippen LogP contribution in [-0.2, 0) is 16.8 Å². The van der Waals surface area contributed by atoms with Crippen molar-refractivity contribution in [3.63, 3.8) is 0 Å². The van der Waals surface area contributed by atoms with Gasteiger partial charge in [-0.25, -0.2) is 0 Å². The number of nitrogens with zero attached hydrogens (tertiary/aromatic N) is 1. The highest BCUT2D eigenvalue weighted by Crippen LogP contribution is 2.36. The summed E-state index contributed by atoms with van der Waals surface area (Å²) in [6.45, 7) is 2.57. The number of aliphatic hydroxyl groups excluding tert-OH is 1. The van der Waals surface area contributed by atoms with Crippen LogP contribution < -0.4 is 5.32 Å². The van der Waals surface area contributed by atoms with Crippen molar-refractivity contribution >= 4 is 5.91 Å². The first-order valence-electron chi connectivity index (χ1n) is 9.27. The third kappa shape index (κ3) is 3.22. The molecule has 4 nitrogen and oxygen atoms in total. The van der Waals surface area contributed by atoms with E-state index in [4.69, 9.17) is 0 Å².